The lowest BCUT2D eigenvalue weighted by Gasteiger charge is -2.32. The molecule has 0 bridgehead atoms. The maximum Gasteiger partial charge on any atom is 0.392 e. The molecule has 0 spiro atoms. The highest BCUT2D eigenvalue weighted by atomic mass is 35.5. The van der Waals surface area contributed by atoms with E-state index >= 15 is 0 Å². The van der Waals surface area contributed by atoms with E-state index in [0.717, 1.165) is 26.4 Å². The summed E-state index contributed by atoms with van der Waals surface area (Å²) < 4.78 is 69.0. The topological polar surface area (TPSA) is 73.0 Å². The number of alkyl halides is 4. The van der Waals surface area contributed by atoms with Crippen LogP contribution in [0.2, 0.25) is 5.02 Å². The molecule has 2 aromatic rings. The van der Waals surface area contributed by atoms with Crippen molar-refractivity contribution in [2.45, 2.75) is 44.2 Å². The molecular formula is C18H17ClF5N5O2. The fourth-order valence-corrected chi connectivity index (χ4v) is 4.20. The predicted octanol–water partition coefficient (Wildman–Crippen LogP) is 2.52. The summed E-state index contributed by atoms with van der Waals surface area (Å²) in [7, 11) is 0. The van der Waals surface area contributed by atoms with Gasteiger partial charge in [0.1, 0.15) is 23.9 Å². The summed E-state index contributed by atoms with van der Waals surface area (Å²) in [6.07, 6.45) is -6.09. The molecule has 0 aliphatic carbocycles. The molecule has 1 saturated heterocycles. The first-order valence-corrected chi connectivity index (χ1v) is 9.90. The summed E-state index contributed by atoms with van der Waals surface area (Å²) in [6, 6.07) is -0.462. The molecule has 1 fully saturated rings. The molecule has 0 saturated carbocycles. The van der Waals surface area contributed by atoms with Gasteiger partial charge in [-0.05, 0) is 18.9 Å². The van der Waals surface area contributed by atoms with E-state index in [4.69, 9.17) is 11.6 Å². The molecule has 0 unspecified atom stereocenters. The van der Waals surface area contributed by atoms with Crippen LogP contribution >= 0.6 is 11.6 Å². The average molecular weight is 466 g/mol. The summed E-state index contributed by atoms with van der Waals surface area (Å²) in [5.74, 6) is -3.51. The van der Waals surface area contributed by atoms with E-state index in [1.165, 1.54) is 0 Å². The second kappa shape index (κ2) is 7.88. The molecule has 2 aliphatic heterocycles. The van der Waals surface area contributed by atoms with Gasteiger partial charge in [0.05, 0.1) is 35.9 Å². The van der Waals surface area contributed by atoms with Crippen LogP contribution in [0.3, 0.4) is 0 Å². The Kier molecular flexibility index (Phi) is 5.52. The average Bonchev–Trinajstić information content (AvgIpc) is 3.26. The molecule has 4 heterocycles. The SMILES string of the molecule is O=C([C@H]1C[C@@H](C(F)(F)F)Cc2nn(Cc3ncc(F)cc3Cl)c(=O)n21)N1CC[C@H](F)C1. The number of likely N-dealkylation sites (tertiary alicyclic amines) is 1. The Morgan fingerprint density at radius 1 is 1.32 bits per heavy atom. The van der Waals surface area contributed by atoms with Crippen LogP contribution in [-0.4, -0.2) is 55.6 Å². The number of nitrogens with zero attached hydrogens (tertiary/aromatic N) is 5. The monoisotopic (exact) mass is 465 g/mol. The van der Waals surface area contributed by atoms with Gasteiger partial charge in [0.15, 0.2) is 0 Å². The third kappa shape index (κ3) is 4.17. The Labute approximate surface area is 177 Å². The van der Waals surface area contributed by atoms with Crippen molar-refractivity contribution >= 4 is 17.5 Å². The van der Waals surface area contributed by atoms with Gasteiger partial charge < -0.3 is 4.90 Å². The number of aromatic nitrogens is 4. The van der Waals surface area contributed by atoms with Gasteiger partial charge in [0, 0.05) is 13.0 Å². The zero-order valence-electron chi connectivity index (χ0n) is 15.9. The third-order valence-electron chi connectivity index (χ3n) is 5.56. The van der Waals surface area contributed by atoms with Crippen molar-refractivity contribution in [3.8, 4) is 0 Å². The molecule has 7 nitrogen and oxygen atoms in total. The number of fused-ring (bicyclic) bond motifs is 1. The van der Waals surface area contributed by atoms with Crippen LogP contribution in [0.4, 0.5) is 22.0 Å². The van der Waals surface area contributed by atoms with Crippen molar-refractivity contribution in [2.75, 3.05) is 13.1 Å². The van der Waals surface area contributed by atoms with Crippen molar-refractivity contribution in [3.05, 3.63) is 45.1 Å². The zero-order valence-corrected chi connectivity index (χ0v) is 16.7. The van der Waals surface area contributed by atoms with Crippen molar-refractivity contribution in [1.29, 1.82) is 0 Å². The van der Waals surface area contributed by atoms with Crippen LogP contribution in [0.5, 0.6) is 0 Å². The van der Waals surface area contributed by atoms with Crippen molar-refractivity contribution in [2.24, 2.45) is 5.92 Å². The molecule has 2 aliphatic rings. The molecule has 0 radical (unpaired) electrons. The third-order valence-corrected chi connectivity index (χ3v) is 5.89. The quantitative estimate of drug-likeness (QED) is 0.653. The summed E-state index contributed by atoms with van der Waals surface area (Å²) in [5.41, 5.74) is -0.720. The molecule has 0 N–H and O–H groups in total. The Morgan fingerprint density at radius 3 is 2.68 bits per heavy atom. The number of rotatable bonds is 3. The first kappa shape index (κ1) is 21.7. The van der Waals surface area contributed by atoms with Gasteiger partial charge in [-0.1, -0.05) is 11.6 Å². The van der Waals surface area contributed by atoms with Crippen LogP contribution in [0.1, 0.15) is 30.4 Å². The number of halogens is 6. The van der Waals surface area contributed by atoms with Crippen molar-refractivity contribution in [3.63, 3.8) is 0 Å². The lowest BCUT2D eigenvalue weighted by molar-refractivity contribution is -0.183. The molecule has 2 aromatic heterocycles. The van der Waals surface area contributed by atoms with Crippen LogP contribution in [0.25, 0.3) is 0 Å². The summed E-state index contributed by atoms with van der Waals surface area (Å²) >= 11 is 5.92. The standard InChI is InChI=1S/C18H17ClF5N5O2/c19-12-5-11(21)6-25-13(12)8-28-17(31)29-14(16(30)27-2-1-10(20)7-27)3-9(18(22,23)24)4-15(29)26-28/h5-6,9-10,14H,1-4,7-8H2/t9-,10+,14-/m1/s1. The van der Waals surface area contributed by atoms with Gasteiger partial charge in [0.2, 0.25) is 5.91 Å². The van der Waals surface area contributed by atoms with E-state index in [2.05, 4.69) is 10.1 Å². The highest BCUT2D eigenvalue weighted by molar-refractivity contribution is 6.31. The summed E-state index contributed by atoms with van der Waals surface area (Å²) in [4.78, 5) is 30.8. The molecule has 31 heavy (non-hydrogen) atoms. The lowest BCUT2D eigenvalue weighted by Crippen LogP contribution is -2.45. The minimum atomic E-state index is -4.60. The van der Waals surface area contributed by atoms with Crippen LogP contribution in [0, 0.1) is 11.7 Å². The largest absolute Gasteiger partial charge is 0.392 e. The smallest absolute Gasteiger partial charge is 0.338 e. The maximum atomic E-state index is 13.5. The lowest BCUT2D eigenvalue weighted by atomic mass is 9.91. The Hall–Kier alpha value is -2.50. The van der Waals surface area contributed by atoms with Gasteiger partial charge in [-0.15, -0.1) is 0 Å². The van der Waals surface area contributed by atoms with E-state index in [-0.39, 0.29) is 42.6 Å². The normalized spacial score (nSPS) is 23.8. The van der Waals surface area contributed by atoms with Crippen LogP contribution in [0.15, 0.2) is 17.1 Å². The van der Waals surface area contributed by atoms with E-state index in [9.17, 15) is 31.5 Å². The predicted molar refractivity (Wildman–Crippen MR) is 97.8 cm³/mol. The second-order valence-corrected chi connectivity index (χ2v) is 8.08. The first-order valence-electron chi connectivity index (χ1n) is 9.52. The first-order chi connectivity index (χ1) is 14.5. The molecule has 13 heteroatoms. The zero-order chi connectivity index (χ0) is 22.5. The van der Waals surface area contributed by atoms with Crippen LogP contribution < -0.4 is 5.69 Å². The highest BCUT2D eigenvalue weighted by Crippen LogP contribution is 2.39. The summed E-state index contributed by atoms with van der Waals surface area (Å²) in [5, 5.41) is 3.90. The second-order valence-electron chi connectivity index (χ2n) is 7.67. The number of hydrogen-bond donors (Lipinski definition) is 0. The molecule has 168 valence electrons. The van der Waals surface area contributed by atoms with Crippen LogP contribution in [-0.2, 0) is 17.8 Å². The fraction of sp³-hybridized carbons (Fsp3) is 0.556. The van der Waals surface area contributed by atoms with E-state index in [1.807, 2.05) is 0 Å². The number of pyridine rings is 1. The van der Waals surface area contributed by atoms with E-state index < -0.39 is 54.6 Å². The minimum Gasteiger partial charge on any atom is -0.338 e. The Morgan fingerprint density at radius 2 is 2.06 bits per heavy atom. The number of carbonyl (C=O) groups excluding carboxylic acids is 1. The van der Waals surface area contributed by atoms with Gasteiger partial charge in [0.25, 0.3) is 0 Å². The highest BCUT2D eigenvalue weighted by Gasteiger charge is 2.48. The minimum absolute atomic E-state index is 0.0700. The maximum absolute atomic E-state index is 13.5. The molecule has 3 atom stereocenters. The molecule has 0 aromatic carbocycles. The van der Waals surface area contributed by atoms with Gasteiger partial charge in [-0.25, -0.2) is 18.3 Å². The Bertz CT molecular complexity index is 1070. The van der Waals surface area contributed by atoms with Gasteiger partial charge >= 0.3 is 11.9 Å². The number of hydrogen-bond acceptors (Lipinski definition) is 4. The molecular weight excluding hydrogens is 449 g/mol. The van der Waals surface area contributed by atoms with E-state index in [0.29, 0.717) is 0 Å². The summed E-state index contributed by atoms with van der Waals surface area (Å²) in [6.45, 7) is -0.467. The van der Waals surface area contributed by atoms with E-state index in [1.54, 1.807) is 0 Å². The van der Waals surface area contributed by atoms with Crippen molar-refractivity contribution in [1.82, 2.24) is 24.2 Å². The van der Waals surface area contributed by atoms with Crippen molar-refractivity contribution < 1.29 is 26.7 Å². The molecule has 4 rings (SSSR count). The number of amides is 1. The molecule has 1 amide bonds. The Balaban J connectivity index is 1.71. The number of carbonyl (C=O) groups is 1. The van der Waals surface area contributed by atoms with Gasteiger partial charge in [-0.3, -0.25) is 14.3 Å². The fourth-order valence-electron chi connectivity index (χ4n) is 3.99. The van der Waals surface area contributed by atoms with Gasteiger partial charge in [-0.2, -0.15) is 18.3 Å².